The van der Waals surface area contributed by atoms with E-state index in [1.165, 1.54) is 56.7 Å². The molecule has 0 radical (unpaired) electrons. The molecule has 2 nitrogen and oxygen atoms in total. The molecule has 2 aromatic carbocycles. The van der Waals surface area contributed by atoms with Crippen LogP contribution in [0.5, 0.6) is 5.75 Å². The summed E-state index contributed by atoms with van der Waals surface area (Å²) in [4.78, 5) is 0. The molecule has 40 heavy (non-hydrogen) atoms. The summed E-state index contributed by atoms with van der Waals surface area (Å²) in [5.41, 5.74) is 0.967. The van der Waals surface area contributed by atoms with Crippen LogP contribution in [0.2, 0.25) is 0 Å². The molecule has 3 saturated carbocycles. The SMILES string of the molecule is Cc1ccc(-c2ccc(OC(F)(F)C3CCC(CC(COCC4CC4)C4CCC(C)CC4)CC3)cc2F)cc1F. The molecule has 6 heteroatoms. The van der Waals surface area contributed by atoms with E-state index in [1.54, 1.807) is 19.1 Å². The van der Waals surface area contributed by atoms with Crippen LogP contribution in [0.3, 0.4) is 0 Å². The Morgan fingerprint density at radius 1 is 0.825 bits per heavy atom. The molecule has 2 aromatic rings. The van der Waals surface area contributed by atoms with Crippen molar-refractivity contribution in [2.75, 3.05) is 13.2 Å². The van der Waals surface area contributed by atoms with Gasteiger partial charge in [0, 0.05) is 24.8 Å². The lowest BCUT2D eigenvalue weighted by Gasteiger charge is -2.37. The lowest BCUT2D eigenvalue weighted by atomic mass is 9.71. The van der Waals surface area contributed by atoms with Gasteiger partial charge in [-0.3, -0.25) is 0 Å². The van der Waals surface area contributed by atoms with Gasteiger partial charge in [0.15, 0.2) is 0 Å². The zero-order valence-corrected chi connectivity index (χ0v) is 23.9. The van der Waals surface area contributed by atoms with Gasteiger partial charge in [-0.05, 0) is 124 Å². The van der Waals surface area contributed by atoms with Crippen LogP contribution < -0.4 is 4.74 Å². The van der Waals surface area contributed by atoms with Crippen molar-refractivity contribution in [3.05, 3.63) is 53.6 Å². The van der Waals surface area contributed by atoms with Gasteiger partial charge in [-0.25, -0.2) is 8.78 Å². The highest BCUT2D eigenvalue weighted by atomic mass is 19.3. The van der Waals surface area contributed by atoms with Gasteiger partial charge in [0.05, 0.1) is 5.92 Å². The number of aryl methyl sites for hydroxylation is 1. The van der Waals surface area contributed by atoms with Crippen molar-refractivity contribution in [3.8, 4) is 16.9 Å². The van der Waals surface area contributed by atoms with Crippen molar-refractivity contribution in [3.63, 3.8) is 0 Å². The molecule has 0 N–H and O–H groups in total. The van der Waals surface area contributed by atoms with E-state index in [1.807, 2.05) is 0 Å². The summed E-state index contributed by atoms with van der Waals surface area (Å²) in [6.45, 7) is 5.65. The fraction of sp³-hybridized carbons (Fsp3) is 0.647. The molecule has 0 aromatic heterocycles. The van der Waals surface area contributed by atoms with Gasteiger partial charge in [-0.15, -0.1) is 0 Å². The second-order valence-electron chi connectivity index (χ2n) is 13.0. The van der Waals surface area contributed by atoms with E-state index in [9.17, 15) is 8.78 Å². The Morgan fingerprint density at radius 2 is 1.52 bits per heavy atom. The van der Waals surface area contributed by atoms with Gasteiger partial charge in [-0.2, -0.15) is 8.78 Å². The average Bonchev–Trinajstić information content (AvgIpc) is 3.75. The van der Waals surface area contributed by atoms with Gasteiger partial charge < -0.3 is 9.47 Å². The third kappa shape index (κ3) is 7.60. The molecule has 0 aliphatic heterocycles. The summed E-state index contributed by atoms with van der Waals surface area (Å²) in [6, 6.07) is 8.12. The topological polar surface area (TPSA) is 18.5 Å². The Bertz CT molecular complexity index is 1110. The van der Waals surface area contributed by atoms with E-state index in [2.05, 4.69) is 6.92 Å². The number of hydrogen-bond acceptors (Lipinski definition) is 2. The fourth-order valence-electron chi connectivity index (χ4n) is 6.78. The molecular weight excluding hydrogens is 516 g/mol. The molecule has 3 fully saturated rings. The standard InChI is InChI=1S/C34H44F4O2/c1-22-3-10-26(11-4-22)28(21-39-20-25-6-7-25)17-24-8-13-29(14-9-24)34(37,38)40-30-15-16-31(33(36)19-30)27-12-5-23(2)32(35)18-27/h5,12,15-16,18-19,22,24-26,28-29H,3-4,6-11,13-14,17,20-21H2,1-2H3. The molecule has 0 saturated heterocycles. The Morgan fingerprint density at radius 3 is 2.17 bits per heavy atom. The highest BCUT2D eigenvalue weighted by molar-refractivity contribution is 5.65. The van der Waals surface area contributed by atoms with Crippen molar-refractivity contribution >= 4 is 0 Å². The number of ether oxygens (including phenoxy) is 2. The largest absolute Gasteiger partial charge is 0.432 e. The smallest absolute Gasteiger partial charge is 0.400 e. The van der Waals surface area contributed by atoms with E-state index < -0.39 is 23.7 Å². The maximum absolute atomic E-state index is 15.2. The first-order valence-electron chi connectivity index (χ1n) is 15.4. The van der Waals surface area contributed by atoms with E-state index >= 15 is 8.78 Å². The predicted molar refractivity (Wildman–Crippen MR) is 150 cm³/mol. The minimum absolute atomic E-state index is 0.151. The van der Waals surface area contributed by atoms with Gasteiger partial charge in [0.2, 0.25) is 0 Å². The second kappa shape index (κ2) is 12.8. The summed E-state index contributed by atoms with van der Waals surface area (Å²) in [5.74, 6) is 0.945. The average molecular weight is 561 g/mol. The molecule has 220 valence electrons. The summed E-state index contributed by atoms with van der Waals surface area (Å²) in [5, 5.41) is 0. The second-order valence-corrected chi connectivity index (χ2v) is 13.0. The van der Waals surface area contributed by atoms with E-state index in [0.717, 1.165) is 50.4 Å². The van der Waals surface area contributed by atoms with Crippen molar-refractivity contribution < 1.29 is 27.0 Å². The van der Waals surface area contributed by atoms with E-state index in [-0.39, 0.29) is 11.3 Å². The van der Waals surface area contributed by atoms with Crippen LogP contribution >= 0.6 is 0 Å². The molecule has 1 unspecified atom stereocenters. The summed E-state index contributed by atoms with van der Waals surface area (Å²) < 4.78 is 70.4. The minimum Gasteiger partial charge on any atom is -0.432 e. The molecule has 5 rings (SSSR count). The van der Waals surface area contributed by atoms with Crippen LogP contribution in [0, 0.1) is 54.1 Å². The summed E-state index contributed by atoms with van der Waals surface area (Å²) in [6.07, 6.45) is 7.67. The number of benzene rings is 2. The molecular formula is C34H44F4O2. The molecule has 3 aliphatic rings. The monoisotopic (exact) mass is 560 g/mol. The van der Waals surface area contributed by atoms with Crippen molar-refractivity contribution in [1.29, 1.82) is 0 Å². The van der Waals surface area contributed by atoms with Crippen LogP contribution in [0.4, 0.5) is 17.6 Å². The van der Waals surface area contributed by atoms with Gasteiger partial charge >= 0.3 is 6.11 Å². The van der Waals surface area contributed by atoms with Crippen LogP contribution in [-0.2, 0) is 4.74 Å². The van der Waals surface area contributed by atoms with E-state index in [0.29, 0.717) is 41.7 Å². The van der Waals surface area contributed by atoms with Crippen molar-refractivity contribution in [2.45, 2.75) is 90.6 Å². The number of rotatable bonds is 11. The number of alkyl halides is 2. The number of hydrogen-bond donors (Lipinski definition) is 0. The molecule has 1 atom stereocenters. The van der Waals surface area contributed by atoms with Crippen LogP contribution in [0.1, 0.15) is 83.1 Å². The van der Waals surface area contributed by atoms with Gasteiger partial charge in [0.25, 0.3) is 0 Å². The van der Waals surface area contributed by atoms with Gasteiger partial charge in [0.1, 0.15) is 17.4 Å². The Kier molecular flexibility index (Phi) is 9.44. The third-order valence-corrected chi connectivity index (χ3v) is 9.75. The molecule has 0 bridgehead atoms. The van der Waals surface area contributed by atoms with Crippen molar-refractivity contribution in [1.82, 2.24) is 0 Å². The summed E-state index contributed by atoms with van der Waals surface area (Å²) >= 11 is 0. The number of halogens is 4. The maximum atomic E-state index is 15.2. The highest BCUT2D eigenvalue weighted by Gasteiger charge is 2.44. The first kappa shape index (κ1) is 29.4. The third-order valence-electron chi connectivity index (χ3n) is 9.75. The molecule has 0 heterocycles. The van der Waals surface area contributed by atoms with Crippen LogP contribution in [0.15, 0.2) is 36.4 Å². The zero-order chi connectivity index (χ0) is 28.3. The minimum atomic E-state index is -3.37. The zero-order valence-electron chi connectivity index (χ0n) is 23.9. The molecule has 0 amide bonds. The van der Waals surface area contributed by atoms with Gasteiger partial charge in [-0.1, -0.05) is 31.9 Å². The first-order valence-corrected chi connectivity index (χ1v) is 15.4. The first-order chi connectivity index (χ1) is 19.2. The lowest BCUT2D eigenvalue weighted by Crippen LogP contribution is -2.37. The van der Waals surface area contributed by atoms with E-state index in [4.69, 9.17) is 9.47 Å². The molecule has 3 aliphatic carbocycles. The Labute approximate surface area is 236 Å². The fourth-order valence-corrected chi connectivity index (χ4v) is 6.78. The summed E-state index contributed by atoms with van der Waals surface area (Å²) in [7, 11) is 0. The quantitative estimate of drug-likeness (QED) is 0.255. The maximum Gasteiger partial charge on any atom is 0.400 e. The lowest BCUT2D eigenvalue weighted by molar-refractivity contribution is -0.223. The van der Waals surface area contributed by atoms with Crippen LogP contribution in [0.25, 0.3) is 11.1 Å². The van der Waals surface area contributed by atoms with Crippen molar-refractivity contribution in [2.24, 2.45) is 35.5 Å². The predicted octanol–water partition coefficient (Wildman–Crippen LogP) is 9.98. The highest BCUT2D eigenvalue weighted by Crippen LogP contribution is 2.44. The Hall–Kier alpha value is -2.08. The Balaban J connectivity index is 1.15. The normalized spacial score (nSPS) is 26.4. The van der Waals surface area contributed by atoms with Crippen LogP contribution in [-0.4, -0.2) is 19.3 Å². The molecule has 0 spiro atoms.